The molecule has 3 aliphatic rings. The van der Waals surface area contributed by atoms with Crippen LogP contribution in [0.5, 0.6) is 0 Å². The topological polar surface area (TPSA) is 76.2 Å². The number of carbonyl (C=O) groups excluding carboxylic acids is 1. The zero-order valence-corrected chi connectivity index (χ0v) is 16.2. The summed E-state index contributed by atoms with van der Waals surface area (Å²) >= 11 is 0. The van der Waals surface area contributed by atoms with Crippen molar-refractivity contribution in [2.45, 2.75) is 17.7 Å². The number of carbonyl (C=O) groups is 1. The largest absolute Gasteiger partial charge is 0.381 e. The van der Waals surface area contributed by atoms with Crippen LogP contribution in [0.25, 0.3) is 0 Å². The van der Waals surface area contributed by atoms with Crippen molar-refractivity contribution in [1.82, 2.24) is 9.21 Å². The molecule has 1 aromatic rings. The van der Waals surface area contributed by atoms with Gasteiger partial charge in [-0.25, -0.2) is 8.42 Å². The van der Waals surface area contributed by atoms with Crippen molar-refractivity contribution in [2.75, 3.05) is 52.6 Å². The summed E-state index contributed by atoms with van der Waals surface area (Å²) in [7, 11) is -3.61. The van der Waals surface area contributed by atoms with Crippen LogP contribution in [0.2, 0.25) is 0 Å². The maximum atomic E-state index is 13.3. The predicted molar refractivity (Wildman–Crippen MR) is 98.6 cm³/mol. The highest BCUT2D eigenvalue weighted by Crippen LogP contribution is 2.46. The molecule has 0 bridgehead atoms. The summed E-state index contributed by atoms with van der Waals surface area (Å²) in [6, 6.07) is 8.48. The third-order valence-electron chi connectivity index (χ3n) is 6.11. The number of benzene rings is 1. The van der Waals surface area contributed by atoms with Crippen LogP contribution in [0, 0.1) is 11.3 Å². The van der Waals surface area contributed by atoms with E-state index < -0.39 is 10.0 Å². The molecule has 3 saturated heterocycles. The standard InChI is InChI=1S/C19H26N2O5S/c22-18(20-8-12-26-13-9-20)17-14-21(15-19(17)6-10-25-11-7-19)27(23,24)16-4-2-1-3-5-16/h1-5,17H,6-15H2. The second kappa shape index (κ2) is 7.50. The summed E-state index contributed by atoms with van der Waals surface area (Å²) in [5.41, 5.74) is -0.338. The minimum absolute atomic E-state index is 0.0611. The first-order valence-corrected chi connectivity index (χ1v) is 11.0. The second-order valence-electron chi connectivity index (χ2n) is 7.58. The zero-order chi connectivity index (χ0) is 18.9. The van der Waals surface area contributed by atoms with Crippen molar-refractivity contribution < 1.29 is 22.7 Å². The number of amides is 1. The van der Waals surface area contributed by atoms with Crippen LogP contribution in [0.4, 0.5) is 0 Å². The molecule has 8 heteroatoms. The van der Waals surface area contributed by atoms with Gasteiger partial charge in [-0.15, -0.1) is 0 Å². The Morgan fingerprint density at radius 1 is 1.00 bits per heavy atom. The lowest BCUT2D eigenvalue weighted by Gasteiger charge is -2.39. The highest BCUT2D eigenvalue weighted by molar-refractivity contribution is 7.89. The van der Waals surface area contributed by atoms with Gasteiger partial charge in [0.15, 0.2) is 0 Å². The van der Waals surface area contributed by atoms with Gasteiger partial charge in [0.2, 0.25) is 15.9 Å². The third-order valence-corrected chi connectivity index (χ3v) is 7.93. The van der Waals surface area contributed by atoms with E-state index in [1.807, 2.05) is 4.90 Å². The highest BCUT2D eigenvalue weighted by Gasteiger charge is 2.54. The van der Waals surface area contributed by atoms with E-state index in [4.69, 9.17) is 9.47 Å². The van der Waals surface area contributed by atoms with Crippen LogP contribution < -0.4 is 0 Å². The molecular formula is C19H26N2O5S. The lowest BCUT2D eigenvalue weighted by atomic mass is 9.71. The van der Waals surface area contributed by atoms with Gasteiger partial charge in [0.1, 0.15) is 0 Å². The van der Waals surface area contributed by atoms with E-state index in [2.05, 4.69) is 0 Å². The number of nitrogens with zero attached hydrogens (tertiary/aromatic N) is 2. The molecule has 1 aromatic carbocycles. The lowest BCUT2D eigenvalue weighted by Crippen LogP contribution is -2.49. The first-order valence-electron chi connectivity index (χ1n) is 9.52. The van der Waals surface area contributed by atoms with Gasteiger partial charge in [-0.2, -0.15) is 4.31 Å². The maximum Gasteiger partial charge on any atom is 0.243 e. The fourth-order valence-corrected chi connectivity index (χ4v) is 6.05. The van der Waals surface area contributed by atoms with Crippen LogP contribution in [-0.2, 0) is 24.3 Å². The van der Waals surface area contributed by atoms with E-state index in [9.17, 15) is 13.2 Å². The van der Waals surface area contributed by atoms with Crippen molar-refractivity contribution in [3.05, 3.63) is 30.3 Å². The lowest BCUT2D eigenvalue weighted by molar-refractivity contribution is -0.144. The summed E-state index contributed by atoms with van der Waals surface area (Å²) in [6.45, 7) is 4.02. The van der Waals surface area contributed by atoms with Crippen molar-refractivity contribution in [1.29, 1.82) is 0 Å². The predicted octanol–water partition coefficient (Wildman–Crippen LogP) is 0.963. The molecule has 0 aliphatic carbocycles. The fourth-order valence-electron chi connectivity index (χ4n) is 4.48. The summed E-state index contributed by atoms with van der Waals surface area (Å²) in [5, 5.41) is 0. The fraction of sp³-hybridized carbons (Fsp3) is 0.632. The van der Waals surface area contributed by atoms with Crippen LogP contribution in [0.1, 0.15) is 12.8 Å². The maximum absolute atomic E-state index is 13.3. The summed E-state index contributed by atoms with van der Waals surface area (Å²) in [6.07, 6.45) is 1.43. The Balaban J connectivity index is 1.62. The minimum atomic E-state index is -3.61. The Kier molecular flexibility index (Phi) is 5.24. The van der Waals surface area contributed by atoms with Gasteiger partial charge in [-0.05, 0) is 25.0 Å². The molecule has 0 N–H and O–H groups in total. The van der Waals surface area contributed by atoms with Gasteiger partial charge >= 0.3 is 0 Å². The Morgan fingerprint density at radius 3 is 2.30 bits per heavy atom. The van der Waals surface area contributed by atoms with E-state index in [1.165, 1.54) is 4.31 Å². The number of morpholine rings is 1. The van der Waals surface area contributed by atoms with Crippen molar-refractivity contribution in [3.8, 4) is 0 Å². The number of hydrogen-bond donors (Lipinski definition) is 0. The Bertz CT molecular complexity index is 771. The molecule has 7 nitrogen and oxygen atoms in total. The second-order valence-corrected chi connectivity index (χ2v) is 9.51. The van der Waals surface area contributed by atoms with Crippen molar-refractivity contribution in [2.24, 2.45) is 11.3 Å². The number of rotatable bonds is 3. The number of hydrogen-bond acceptors (Lipinski definition) is 5. The summed E-state index contributed by atoms with van der Waals surface area (Å²) in [4.78, 5) is 15.4. The first kappa shape index (κ1) is 18.9. The quantitative estimate of drug-likeness (QED) is 0.763. The van der Waals surface area contributed by atoms with E-state index in [1.54, 1.807) is 30.3 Å². The molecule has 0 radical (unpaired) electrons. The monoisotopic (exact) mass is 394 g/mol. The zero-order valence-electron chi connectivity index (χ0n) is 15.4. The molecule has 3 heterocycles. The van der Waals surface area contributed by atoms with Crippen molar-refractivity contribution in [3.63, 3.8) is 0 Å². The van der Waals surface area contributed by atoms with E-state index >= 15 is 0 Å². The molecule has 0 aromatic heterocycles. The third kappa shape index (κ3) is 3.51. The van der Waals surface area contributed by atoms with Gasteiger partial charge in [0.05, 0.1) is 24.0 Å². The molecule has 1 unspecified atom stereocenters. The van der Waals surface area contributed by atoms with Gasteiger partial charge in [-0.1, -0.05) is 18.2 Å². The molecule has 0 saturated carbocycles. The summed E-state index contributed by atoms with van der Waals surface area (Å²) < 4.78 is 38.7. The van der Waals surface area contributed by atoms with Crippen LogP contribution >= 0.6 is 0 Å². The molecule has 148 valence electrons. The van der Waals surface area contributed by atoms with E-state index in [-0.39, 0.29) is 28.7 Å². The van der Waals surface area contributed by atoms with E-state index in [0.717, 1.165) is 0 Å². The molecule has 1 atom stereocenters. The molecule has 3 aliphatic heterocycles. The highest BCUT2D eigenvalue weighted by atomic mass is 32.2. The van der Waals surface area contributed by atoms with Crippen LogP contribution in [-0.4, -0.2) is 76.1 Å². The van der Waals surface area contributed by atoms with Gasteiger partial charge in [0, 0.05) is 44.8 Å². The first-order chi connectivity index (χ1) is 13.0. The van der Waals surface area contributed by atoms with Gasteiger partial charge < -0.3 is 14.4 Å². The van der Waals surface area contributed by atoms with Crippen LogP contribution in [0.3, 0.4) is 0 Å². The van der Waals surface area contributed by atoms with Crippen LogP contribution in [0.15, 0.2) is 35.2 Å². The minimum Gasteiger partial charge on any atom is -0.381 e. The smallest absolute Gasteiger partial charge is 0.243 e. The molecule has 4 rings (SSSR count). The molecular weight excluding hydrogens is 368 g/mol. The Labute approximate surface area is 160 Å². The average Bonchev–Trinajstić information content (AvgIpc) is 3.08. The van der Waals surface area contributed by atoms with Gasteiger partial charge in [-0.3, -0.25) is 4.79 Å². The SMILES string of the molecule is O=C(C1CN(S(=O)(=O)c2ccccc2)CC12CCOCC2)N1CCOCC1. The number of ether oxygens (including phenoxy) is 2. The van der Waals surface area contributed by atoms with Gasteiger partial charge in [0.25, 0.3) is 0 Å². The Hall–Kier alpha value is -1.48. The average molecular weight is 394 g/mol. The summed E-state index contributed by atoms with van der Waals surface area (Å²) in [5.74, 6) is -0.260. The van der Waals surface area contributed by atoms with Crippen molar-refractivity contribution >= 4 is 15.9 Å². The number of sulfonamides is 1. The molecule has 3 fully saturated rings. The molecule has 1 amide bonds. The van der Waals surface area contributed by atoms with E-state index in [0.29, 0.717) is 58.9 Å². The Morgan fingerprint density at radius 2 is 1.63 bits per heavy atom. The normalized spacial score (nSPS) is 26.4. The molecule has 1 spiro atoms. The molecule has 27 heavy (non-hydrogen) atoms.